The van der Waals surface area contributed by atoms with Crippen molar-refractivity contribution in [2.75, 3.05) is 13.1 Å². The molecule has 3 N–H and O–H groups in total. The van der Waals surface area contributed by atoms with Crippen molar-refractivity contribution in [1.82, 2.24) is 10.6 Å². The molecule has 0 bridgehead atoms. The second-order valence-electron chi connectivity index (χ2n) is 7.14. The van der Waals surface area contributed by atoms with Crippen LogP contribution in [-0.4, -0.2) is 31.2 Å². The molecule has 4 nitrogen and oxygen atoms in total. The summed E-state index contributed by atoms with van der Waals surface area (Å²) in [5.74, 6) is 0. The summed E-state index contributed by atoms with van der Waals surface area (Å²) in [5, 5.41) is 6.35. The molecule has 2 fully saturated rings. The largest absolute Gasteiger partial charge is 0.335 e. The maximum Gasteiger partial charge on any atom is 0.315 e. The average Bonchev–Trinajstić information content (AvgIpc) is 2.58. The van der Waals surface area contributed by atoms with Crippen LogP contribution >= 0.6 is 0 Å². The molecule has 0 spiro atoms. The van der Waals surface area contributed by atoms with Gasteiger partial charge in [0.15, 0.2) is 0 Å². The number of rotatable bonds is 4. The fraction of sp³-hybridized carbons (Fsp3) is 0.632. The van der Waals surface area contributed by atoms with Gasteiger partial charge in [-0.25, -0.2) is 4.79 Å². The highest BCUT2D eigenvalue weighted by atomic mass is 16.2. The number of carbonyl (C=O) groups is 1. The molecule has 1 aromatic carbocycles. The van der Waals surface area contributed by atoms with E-state index in [1.807, 2.05) is 0 Å². The first-order valence-electron chi connectivity index (χ1n) is 9.24. The summed E-state index contributed by atoms with van der Waals surface area (Å²) < 4.78 is 0. The van der Waals surface area contributed by atoms with Crippen LogP contribution in [0.3, 0.4) is 0 Å². The van der Waals surface area contributed by atoms with Crippen molar-refractivity contribution in [3.63, 3.8) is 0 Å². The highest BCUT2D eigenvalue weighted by molar-refractivity contribution is 5.74. The minimum absolute atomic E-state index is 0.0495. The van der Waals surface area contributed by atoms with Crippen LogP contribution in [0.4, 0.5) is 4.79 Å². The Morgan fingerprint density at radius 2 is 1.52 bits per heavy atom. The topological polar surface area (TPSA) is 45.6 Å². The highest BCUT2D eigenvalue weighted by Crippen LogP contribution is 2.17. The lowest BCUT2D eigenvalue weighted by Gasteiger charge is -2.30. The van der Waals surface area contributed by atoms with E-state index in [-0.39, 0.29) is 6.03 Å². The number of benzene rings is 1. The third kappa shape index (κ3) is 5.24. The normalized spacial score (nSPS) is 25.7. The van der Waals surface area contributed by atoms with Crippen LogP contribution in [0, 0.1) is 0 Å². The smallest absolute Gasteiger partial charge is 0.315 e. The Morgan fingerprint density at radius 1 is 0.913 bits per heavy atom. The van der Waals surface area contributed by atoms with Crippen LogP contribution in [0.1, 0.15) is 50.5 Å². The molecule has 4 heteroatoms. The summed E-state index contributed by atoms with van der Waals surface area (Å²) in [5.41, 5.74) is 1.41. The molecule has 1 saturated carbocycles. The fourth-order valence-electron chi connectivity index (χ4n) is 3.89. The van der Waals surface area contributed by atoms with Crippen molar-refractivity contribution in [3.8, 4) is 0 Å². The fourth-order valence-corrected chi connectivity index (χ4v) is 3.89. The number of hydrogen-bond acceptors (Lipinski definition) is 1. The van der Waals surface area contributed by atoms with E-state index in [4.69, 9.17) is 0 Å². The van der Waals surface area contributed by atoms with E-state index < -0.39 is 0 Å². The Hall–Kier alpha value is -1.55. The lowest BCUT2D eigenvalue weighted by atomic mass is 9.96. The van der Waals surface area contributed by atoms with Crippen LogP contribution in [0.15, 0.2) is 30.3 Å². The summed E-state index contributed by atoms with van der Waals surface area (Å²) in [4.78, 5) is 13.7. The van der Waals surface area contributed by atoms with Gasteiger partial charge in [0.25, 0.3) is 0 Å². The third-order valence-electron chi connectivity index (χ3n) is 5.27. The van der Waals surface area contributed by atoms with E-state index in [2.05, 4.69) is 41.0 Å². The molecule has 0 radical (unpaired) electrons. The molecule has 0 unspecified atom stereocenters. The lowest BCUT2D eigenvalue weighted by molar-refractivity contribution is -0.918. The minimum atomic E-state index is 0.0495. The Morgan fingerprint density at radius 3 is 2.17 bits per heavy atom. The molecule has 2 amide bonds. The summed E-state index contributed by atoms with van der Waals surface area (Å²) in [6.07, 6.45) is 8.29. The van der Waals surface area contributed by atoms with Crippen molar-refractivity contribution in [3.05, 3.63) is 35.9 Å². The molecular weight excluding hydrogens is 286 g/mol. The van der Waals surface area contributed by atoms with E-state index in [1.54, 1.807) is 4.90 Å². The Kier molecular flexibility index (Phi) is 5.92. The zero-order valence-electron chi connectivity index (χ0n) is 14.0. The molecule has 126 valence electrons. The number of likely N-dealkylation sites (tertiary alicyclic amines) is 1. The number of piperidine rings is 1. The summed E-state index contributed by atoms with van der Waals surface area (Å²) >= 11 is 0. The zero-order chi connectivity index (χ0) is 15.9. The number of quaternary nitrogens is 1. The summed E-state index contributed by atoms with van der Waals surface area (Å²) in [6, 6.07) is 11.5. The van der Waals surface area contributed by atoms with E-state index in [0.29, 0.717) is 12.1 Å². The zero-order valence-corrected chi connectivity index (χ0v) is 14.0. The molecule has 3 rings (SSSR count). The van der Waals surface area contributed by atoms with Gasteiger partial charge >= 0.3 is 6.03 Å². The first kappa shape index (κ1) is 16.3. The third-order valence-corrected chi connectivity index (χ3v) is 5.27. The van der Waals surface area contributed by atoms with Crippen molar-refractivity contribution < 1.29 is 9.69 Å². The summed E-state index contributed by atoms with van der Waals surface area (Å²) in [6.45, 7) is 3.38. The van der Waals surface area contributed by atoms with E-state index in [1.165, 1.54) is 24.8 Å². The first-order valence-corrected chi connectivity index (χ1v) is 9.24. The van der Waals surface area contributed by atoms with Gasteiger partial charge in [-0.3, -0.25) is 0 Å². The second kappa shape index (κ2) is 8.34. The van der Waals surface area contributed by atoms with Gasteiger partial charge in [-0.15, -0.1) is 0 Å². The predicted octanol–water partition coefficient (Wildman–Crippen LogP) is 1.87. The van der Waals surface area contributed by atoms with Gasteiger partial charge in [-0.2, -0.15) is 0 Å². The van der Waals surface area contributed by atoms with Crippen LogP contribution in [-0.2, 0) is 6.54 Å². The van der Waals surface area contributed by atoms with Crippen LogP contribution in [0.5, 0.6) is 0 Å². The Balaban J connectivity index is 1.36. The standard InChI is InChI=1S/C19H29N3O/c23-19(20-17-9-5-2-6-10-17)21-18-11-13-22(14-12-18)15-16-7-3-1-4-8-16/h1,3-4,7-8,17-18H,2,5-6,9-15H2,(H2,20,21,23)/p+1. The number of urea groups is 1. The molecule has 0 atom stereocenters. The van der Waals surface area contributed by atoms with Gasteiger partial charge < -0.3 is 15.5 Å². The van der Waals surface area contributed by atoms with Gasteiger partial charge in [-0.05, 0) is 12.8 Å². The monoisotopic (exact) mass is 316 g/mol. The average molecular weight is 316 g/mol. The minimum Gasteiger partial charge on any atom is -0.335 e. The molecule has 1 aromatic rings. The molecule has 2 aliphatic rings. The SMILES string of the molecule is O=C(NC1CCCCC1)NC1CC[NH+](Cc2ccccc2)CC1. The molecule has 23 heavy (non-hydrogen) atoms. The molecule has 1 aliphatic heterocycles. The predicted molar refractivity (Wildman–Crippen MR) is 92.4 cm³/mol. The Labute approximate surface area is 139 Å². The molecule has 1 aliphatic carbocycles. The number of amides is 2. The van der Waals surface area contributed by atoms with Crippen molar-refractivity contribution in [2.45, 2.75) is 63.6 Å². The van der Waals surface area contributed by atoms with Gasteiger partial charge in [0, 0.05) is 30.5 Å². The number of carbonyl (C=O) groups excluding carboxylic acids is 1. The summed E-state index contributed by atoms with van der Waals surface area (Å²) in [7, 11) is 0. The molecule has 1 saturated heterocycles. The van der Waals surface area contributed by atoms with Crippen LogP contribution in [0.25, 0.3) is 0 Å². The van der Waals surface area contributed by atoms with Crippen molar-refractivity contribution in [2.24, 2.45) is 0 Å². The lowest BCUT2D eigenvalue weighted by Crippen LogP contribution is -3.12. The first-order chi connectivity index (χ1) is 11.3. The van der Waals surface area contributed by atoms with Gasteiger partial charge in [0.2, 0.25) is 0 Å². The van der Waals surface area contributed by atoms with Gasteiger partial charge in [0.05, 0.1) is 13.1 Å². The van der Waals surface area contributed by atoms with Crippen LogP contribution < -0.4 is 15.5 Å². The maximum absolute atomic E-state index is 12.1. The number of hydrogen-bond donors (Lipinski definition) is 3. The quantitative estimate of drug-likeness (QED) is 0.780. The van der Waals surface area contributed by atoms with Gasteiger partial charge in [0.1, 0.15) is 6.54 Å². The number of nitrogens with one attached hydrogen (secondary N) is 3. The highest BCUT2D eigenvalue weighted by Gasteiger charge is 2.24. The van der Waals surface area contributed by atoms with E-state index >= 15 is 0 Å². The molecule has 0 aromatic heterocycles. The Bertz CT molecular complexity index is 477. The molecule has 1 heterocycles. The van der Waals surface area contributed by atoms with Crippen molar-refractivity contribution in [1.29, 1.82) is 0 Å². The van der Waals surface area contributed by atoms with Gasteiger partial charge in [-0.1, -0.05) is 49.6 Å². The second-order valence-corrected chi connectivity index (χ2v) is 7.14. The van der Waals surface area contributed by atoms with Crippen LogP contribution in [0.2, 0.25) is 0 Å². The molecular formula is C19H30N3O+. The van der Waals surface area contributed by atoms with E-state index in [9.17, 15) is 4.79 Å². The van der Waals surface area contributed by atoms with E-state index in [0.717, 1.165) is 45.3 Å². The maximum atomic E-state index is 12.1. The van der Waals surface area contributed by atoms with Crippen molar-refractivity contribution >= 4 is 6.03 Å².